The molecule has 1 aromatic rings. The van der Waals surface area contributed by atoms with Crippen LogP contribution in [0.1, 0.15) is 69.2 Å². The fourth-order valence-corrected chi connectivity index (χ4v) is 3.75. The van der Waals surface area contributed by atoms with E-state index in [4.69, 9.17) is 5.73 Å². The van der Waals surface area contributed by atoms with Crippen molar-refractivity contribution in [1.29, 1.82) is 0 Å². The van der Waals surface area contributed by atoms with E-state index in [1.165, 1.54) is 11.1 Å². The lowest BCUT2D eigenvalue weighted by molar-refractivity contribution is -0.0261. The van der Waals surface area contributed by atoms with Gasteiger partial charge in [0.2, 0.25) is 0 Å². The molecule has 3 rings (SSSR count). The smallest absolute Gasteiger partial charge is 0.0772 e. The van der Waals surface area contributed by atoms with Crippen molar-refractivity contribution in [1.82, 2.24) is 5.32 Å². The van der Waals surface area contributed by atoms with Crippen LogP contribution in [0.3, 0.4) is 0 Å². The van der Waals surface area contributed by atoms with E-state index in [0.717, 1.165) is 32.1 Å². The number of rotatable bonds is 3. The number of nitrogens with two attached hydrogens (primary N) is 1. The summed E-state index contributed by atoms with van der Waals surface area (Å²) in [6.45, 7) is 5.27. The van der Waals surface area contributed by atoms with Crippen LogP contribution < -0.4 is 11.1 Å². The summed E-state index contributed by atoms with van der Waals surface area (Å²) in [6, 6.07) is 8.82. The Morgan fingerprint density at radius 1 is 1.14 bits per heavy atom. The van der Waals surface area contributed by atoms with Crippen LogP contribution in [0.15, 0.2) is 24.3 Å². The zero-order valence-electron chi connectivity index (χ0n) is 13.2. The summed E-state index contributed by atoms with van der Waals surface area (Å²) < 4.78 is 0. The van der Waals surface area contributed by atoms with Crippen LogP contribution in [0.5, 0.6) is 0 Å². The predicted octanol–water partition coefficient (Wildman–Crippen LogP) is 3.05. The van der Waals surface area contributed by atoms with Crippen molar-refractivity contribution < 1.29 is 5.11 Å². The average molecular weight is 288 g/mol. The number of aliphatic hydroxyl groups is 1. The number of fused-ring (bicyclic) bond motifs is 1. The summed E-state index contributed by atoms with van der Waals surface area (Å²) in [4.78, 5) is 0. The van der Waals surface area contributed by atoms with E-state index in [1.54, 1.807) is 0 Å². The minimum Gasteiger partial charge on any atom is -0.389 e. The van der Waals surface area contributed by atoms with Crippen molar-refractivity contribution in [2.24, 2.45) is 11.1 Å². The molecule has 2 unspecified atom stereocenters. The van der Waals surface area contributed by atoms with E-state index >= 15 is 0 Å². The molecule has 2 aliphatic carbocycles. The molecule has 1 saturated carbocycles. The van der Waals surface area contributed by atoms with Gasteiger partial charge in [0.15, 0.2) is 0 Å². The maximum absolute atomic E-state index is 10.8. The number of hydrogen-bond acceptors (Lipinski definition) is 3. The third-order valence-corrected chi connectivity index (χ3v) is 5.47. The van der Waals surface area contributed by atoms with Gasteiger partial charge in [-0.25, -0.2) is 0 Å². The van der Waals surface area contributed by atoms with E-state index in [0.29, 0.717) is 12.0 Å². The van der Waals surface area contributed by atoms with Crippen LogP contribution in [-0.2, 0) is 0 Å². The largest absolute Gasteiger partial charge is 0.389 e. The summed E-state index contributed by atoms with van der Waals surface area (Å²) in [5, 5.41) is 14.4. The number of hydrogen-bond donors (Lipinski definition) is 3. The van der Waals surface area contributed by atoms with Crippen LogP contribution in [-0.4, -0.2) is 17.3 Å². The Bertz CT molecular complexity index is 502. The molecule has 3 heteroatoms. The molecular formula is C18H28N2O. The van der Waals surface area contributed by atoms with Gasteiger partial charge in [0.05, 0.1) is 5.60 Å². The van der Waals surface area contributed by atoms with Gasteiger partial charge in [0, 0.05) is 18.6 Å². The molecule has 3 nitrogen and oxygen atoms in total. The molecule has 0 aromatic heterocycles. The summed E-state index contributed by atoms with van der Waals surface area (Å²) in [6.07, 6.45) is 4.93. The molecule has 0 aliphatic heterocycles. The fourth-order valence-electron chi connectivity index (χ4n) is 3.75. The van der Waals surface area contributed by atoms with E-state index < -0.39 is 5.60 Å². The van der Waals surface area contributed by atoms with Gasteiger partial charge in [-0.3, -0.25) is 0 Å². The lowest BCUT2D eigenvalue weighted by atomic mass is 9.71. The standard InChI is InChI=1S/C18H28N2O/c1-17(2)7-9-18(21,10-8-17)12-20-16-11-15(19)13-5-3-4-6-14(13)16/h3-6,15-16,20-21H,7-12,19H2,1-2H3. The van der Waals surface area contributed by atoms with Crippen molar-refractivity contribution in [2.45, 2.75) is 63.6 Å². The molecule has 21 heavy (non-hydrogen) atoms. The van der Waals surface area contributed by atoms with Gasteiger partial charge in [-0.1, -0.05) is 38.1 Å². The molecule has 0 radical (unpaired) electrons. The number of nitrogens with one attached hydrogen (secondary N) is 1. The highest BCUT2D eigenvalue weighted by Crippen LogP contribution is 2.41. The molecule has 0 saturated heterocycles. The number of benzene rings is 1. The third kappa shape index (κ3) is 3.15. The van der Waals surface area contributed by atoms with Crippen molar-refractivity contribution in [3.05, 3.63) is 35.4 Å². The Balaban J connectivity index is 1.62. The van der Waals surface area contributed by atoms with Crippen molar-refractivity contribution >= 4 is 0 Å². The molecule has 0 amide bonds. The Morgan fingerprint density at radius 2 is 1.76 bits per heavy atom. The predicted molar refractivity (Wildman–Crippen MR) is 85.9 cm³/mol. The van der Waals surface area contributed by atoms with Gasteiger partial charge in [-0.05, 0) is 48.6 Å². The second-order valence-corrected chi connectivity index (χ2v) is 7.79. The van der Waals surface area contributed by atoms with E-state index in [-0.39, 0.29) is 12.1 Å². The van der Waals surface area contributed by atoms with Gasteiger partial charge in [0.1, 0.15) is 0 Å². The molecule has 1 fully saturated rings. The second-order valence-electron chi connectivity index (χ2n) is 7.79. The molecular weight excluding hydrogens is 260 g/mol. The van der Waals surface area contributed by atoms with Crippen molar-refractivity contribution in [3.8, 4) is 0 Å². The highest BCUT2D eigenvalue weighted by molar-refractivity contribution is 5.37. The molecule has 2 atom stereocenters. The molecule has 2 aliphatic rings. The highest BCUT2D eigenvalue weighted by atomic mass is 16.3. The third-order valence-electron chi connectivity index (χ3n) is 5.47. The Hall–Kier alpha value is -0.900. The average Bonchev–Trinajstić information content (AvgIpc) is 2.78. The van der Waals surface area contributed by atoms with Crippen LogP contribution in [0.4, 0.5) is 0 Å². The van der Waals surface area contributed by atoms with Gasteiger partial charge < -0.3 is 16.2 Å². The van der Waals surface area contributed by atoms with Gasteiger partial charge in [0.25, 0.3) is 0 Å². The fraction of sp³-hybridized carbons (Fsp3) is 0.667. The summed E-state index contributed by atoms with van der Waals surface area (Å²) in [5.74, 6) is 0. The SMILES string of the molecule is CC1(C)CCC(O)(CNC2CC(N)c3ccccc32)CC1. The van der Waals surface area contributed by atoms with Gasteiger partial charge in [-0.15, -0.1) is 0 Å². The lowest BCUT2D eigenvalue weighted by Crippen LogP contribution is -2.45. The zero-order valence-corrected chi connectivity index (χ0v) is 13.2. The van der Waals surface area contributed by atoms with Gasteiger partial charge in [-0.2, -0.15) is 0 Å². The van der Waals surface area contributed by atoms with Crippen LogP contribution >= 0.6 is 0 Å². The first-order valence-corrected chi connectivity index (χ1v) is 8.19. The first kappa shape index (κ1) is 15.0. The summed E-state index contributed by atoms with van der Waals surface area (Å²) in [5.41, 5.74) is 8.62. The van der Waals surface area contributed by atoms with E-state index in [9.17, 15) is 5.11 Å². The van der Waals surface area contributed by atoms with Crippen molar-refractivity contribution in [3.63, 3.8) is 0 Å². The van der Waals surface area contributed by atoms with Crippen molar-refractivity contribution in [2.75, 3.05) is 6.54 Å². The molecule has 4 N–H and O–H groups in total. The Morgan fingerprint density at radius 3 is 2.43 bits per heavy atom. The monoisotopic (exact) mass is 288 g/mol. The molecule has 1 aromatic carbocycles. The van der Waals surface area contributed by atoms with Crippen LogP contribution in [0, 0.1) is 5.41 Å². The maximum Gasteiger partial charge on any atom is 0.0772 e. The van der Waals surface area contributed by atoms with Crippen LogP contribution in [0.25, 0.3) is 0 Å². The second kappa shape index (κ2) is 5.38. The first-order chi connectivity index (χ1) is 9.89. The molecule has 116 valence electrons. The molecule has 0 spiro atoms. The highest BCUT2D eigenvalue weighted by Gasteiger charge is 2.37. The normalized spacial score (nSPS) is 30.1. The minimum absolute atomic E-state index is 0.124. The van der Waals surface area contributed by atoms with E-state index in [1.807, 2.05) is 0 Å². The lowest BCUT2D eigenvalue weighted by Gasteiger charge is -2.40. The topological polar surface area (TPSA) is 58.3 Å². The minimum atomic E-state index is -0.544. The molecule has 0 bridgehead atoms. The summed E-state index contributed by atoms with van der Waals surface area (Å²) >= 11 is 0. The molecule has 0 heterocycles. The Kier molecular flexibility index (Phi) is 3.85. The quantitative estimate of drug-likeness (QED) is 0.801. The van der Waals surface area contributed by atoms with E-state index in [2.05, 4.69) is 43.4 Å². The maximum atomic E-state index is 10.8. The zero-order chi connectivity index (χ0) is 15.1. The van der Waals surface area contributed by atoms with Gasteiger partial charge >= 0.3 is 0 Å². The first-order valence-electron chi connectivity index (χ1n) is 8.19. The Labute approximate surface area is 127 Å². The summed E-state index contributed by atoms with van der Waals surface area (Å²) in [7, 11) is 0. The van der Waals surface area contributed by atoms with Crippen LogP contribution in [0.2, 0.25) is 0 Å².